The molecule has 0 fully saturated rings. The molecule has 0 saturated carbocycles. The predicted octanol–water partition coefficient (Wildman–Crippen LogP) is 4.31. The summed E-state index contributed by atoms with van der Waals surface area (Å²) in [5.74, 6) is -0.696. The molecule has 0 bridgehead atoms. The summed E-state index contributed by atoms with van der Waals surface area (Å²) in [6.07, 6.45) is 1.46. The highest BCUT2D eigenvalue weighted by Crippen LogP contribution is 2.23. The molecule has 1 amide bonds. The largest absolute Gasteiger partial charge is 0.356 e. The molecule has 25 heavy (non-hydrogen) atoms. The van der Waals surface area contributed by atoms with E-state index in [1.165, 1.54) is 18.3 Å². The van der Waals surface area contributed by atoms with Gasteiger partial charge >= 0.3 is 0 Å². The SMILES string of the molecule is O=C(NNc1ccccc1)c1cc(C(=O)c2ccc(Cl)cc2Cl)c[nH]1. The van der Waals surface area contributed by atoms with Gasteiger partial charge in [-0.15, -0.1) is 0 Å². The van der Waals surface area contributed by atoms with Crippen LogP contribution in [0.1, 0.15) is 26.4 Å². The number of carbonyl (C=O) groups excluding carboxylic acids is 2. The Balaban J connectivity index is 1.71. The Hall–Kier alpha value is -2.76. The number of H-pyrrole nitrogens is 1. The highest BCUT2D eigenvalue weighted by molar-refractivity contribution is 6.37. The molecule has 0 unspecified atom stereocenters. The van der Waals surface area contributed by atoms with Crippen molar-refractivity contribution in [1.29, 1.82) is 0 Å². The number of amides is 1. The van der Waals surface area contributed by atoms with Gasteiger partial charge in [0.2, 0.25) is 0 Å². The van der Waals surface area contributed by atoms with Crippen LogP contribution in [-0.4, -0.2) is 16.7 Å². The summed E-state index contributed by atoms with van der Waals surface area (Å²) in [5, 5.41) is 0.707. The fraction of sp³-hybridized carbons (Fsp3) is 0. The van der Waals surface area contributed by atoms with Crippen LogP contribution in [-0.2, 0) is 0 Å². The molecular weight excluding hydrogens is 361 g/mol. The van der Waals surface area contributed by atoms with Gasteiger partial charge in [-0.1, -0.05) is 41.4 Å². The Labute approximate surface area is 153 Å². The maximum atomic E-state index is 12.5. The zero-order valence-electron chi connectivity index (χ0n) is 12.8. The summed E-state index contributed by atoms with van der Waals surface area (Å²) in [5.41, 5.74) is 6.98. The molecule has 3 aromatic rings. The lowest BCUT2D eigenvalue weighted by molar-refractivity contribution is 0.0958. The summed E-state index contributed by atoms with van der Waals surface area (Å²) >= 11 is 11.9. The molecule has 0 saturated heterocycles. The lowest BCUT2D eigenvalue weighted by Crippen LogP contribution is -2.29. The summed E-state index contributed by atoms with van der Waals surface area (Å²) < 4.78 is 0. The van der Waals surface area contributed by atoms with Crippen LogP contribution >= 0.6 is 23.2 Å². The van der Waals surface area contributed by atoms with E-state index in [0.29, 0.717) is 16.1 Å². The minimum atomic E-state index is -0.398. The average molecular weight is 374 g/mol. The van der Waals surface area contributed by atoms with Crippen LogP contribution in [0.2, 0.25) is 10.0 Å². The number of ketones is 1. The molecule has 7 heteroatoms. The first-order valence-corrected chi connectivity index (χ1v) is 8.10. The van der Waals surface area contributed by atoms with Gasteiger partial charge in [0.1, 0.15) is 5.69 Å². The van der Waals surface area contributed by atoms with Gasteiger partial charge in [0.15, 0.2) is 5.78 Å². The monoisotopic (exact) mass is 373 g/mol. The quantitative estimate of drug-likeness (QED) is 0.460. The molecule has 3 rings (SSSR count). The van der Waals surface area contributed by atoms with Crippen molar-refractivity contribution in [3.63, 3.8) is 0 Å². The molecule has 0 atom stereocenters. The summed E-state index contributed by atoms with van der Waals surface area (Å²) in [7, 11) is 0. The number of halogens is 2. The molecule has 0 radical (unpaired) electrons. The Morgan fingerprint density at radius 1 is 0.960 bits per heavy atom. The molecular formula is C18H13Cl2N3O2. The minimum absolute atomic E-state index is 0.247. The van der Waals surface area contributed by atoms with E-state index < -0.39 is 5.91 Å². The van der Waals surface area contributed by atoms with Crippen molar-refractivity contribution >= 4 is 40.6 Å². The van der Waals surface area contributed by atoms with Crippen molar-refractivity contribution in [1.82, 2.24) is 10.4 Å². The molecule has 0 aliphatic carbocycles. The van der Waals surface area contributed by atoms with Crippen LogP contribution in [0.25, 0.3) is 0 Å². The number of benzene rings is 2. The van der Waals surface area contributed by atoms with E-state index in [-0.39, 0.29) is 16.5 Å². The number of hydrogen-bond donors (Lipinski definition) is 3. The fourth-order valence-corrected chi connectivity index (χ4v) is 2.70. The number of anilines is 1. The lowest BCUT2D eigenvalue weighted by atomic mass is 10.1. The van der Waals surface area contributed by atoms with E-state index in [2.05, 4.69) is 15.8 Å². The summed E-state index contributed by atoms with van der Waals surface area (Å²) in [6.45, 7) is 0. The van der Waals surface area contributed by atoms with Crippen molar-refractivity contribution in [3.8, 4) is 0 Å². The number of aromatic amines is 1. The Bertz CT molecular complexity index is 923. The van der Waals surface area contributed by atoms with Crippen LogP contribution in [0.15, 0.2) is 60.8 Å². The van der Waals surface area contributed by atoms with Gasteiger partial charge in [-0.05, 0) is 36.4 Å². The number of aromatic nitrogens is 1. The first-order valence-electron chi connectivity index (χ1n) is 7.34. The van der Waals surface area contributed by atoms with E-state index in [4.69, 9.17) is 23.2 Å². The molecule has 0 spiro atoms. The fourth-order valence-electron chi connectivity index (χ4n) is 2.20. The average Bonchev–Trinajstić information content (AvgIpc) is 3.10. The molecule has 5 nitrogen and oxygen atoms in total. The molecule has 126 valence electrons. The Morgan fingerprint density at radius 2 is 1.72 bits per heavy atom. The van der Waals surface area contributed by atoms with Crippen LogP contribution < -0.4 is 10.9 Å². The van der Waals surface area contributed by atoms with E-state index in [0.717, 1.165) is 5.69 Å². The molecule has 2 aromatic carbocycles. The molecule has 1 heterocycles. The molecule has 1 aromatic heterocycles. The number of rotatable bonds is 5. The van der Waals surface area contributed by atoms with Crippen molar-refractivity contribution in [2.45, 2.75) is 0 Å². The predicted molar refractivity (Wildman–Crippen MR) is 98.2 cm³/mol. The van der Waals surface area contributed by atoms with Gasteiger partial charge in [-0.25, -0.2) is 0 Å². The number of para-hydroxylation sites is 1. The topological polar surface area (TPSA) is 74.0 Å². The second kappa shape index (κ2) is 7.42. The molecule has 0 aliphatic rings. The molecule has 0 aliphatic heterocycles. The Morgan fingerprint density at radius 3 is 2.44 bits per heavy atom. The third-order valence-electron chi connectivity index (χ3n) is 3.46. The normalized spacial score (nSPS) is 10.3. The first kappa shape index (κ1) is 17.1. The second-order valence-corrected chi connectivity index (χ2v) is 6.04. The van der Waals surface area contributed by atoms with Gasteiger partial charge < -0.3 is 4.98 Å². The third-order valence-corrected chi connectivity index (χ3v) is 4.01. The zero-order chi connectivity index (χ0) is 17.8. The summed E-state index contributed by atoms with van der Waals surface area (Å²) in [4.78, 5) is 27.4. The third kappa shape index (κ3) is 4.02. The van der Waals surface area contributed by atoms with Crippen LogP contribution in [0.5, 0.6) is 0 Å². The number of carbonyl (C=O) groups is 2. The van der Waals surface area contributed by atoms with Gasteiger partial charge in [-0.2, -0.15) is 0 Å². The van der Waals surface area contributed by atoms with E-state index in [9.17, 15) is 9.59 Å². The van der Waals surface area contributed by atoms with Crippen LogP contribution in [0.3, 0.4) is 0 Å². The minimum Gasteiger partial charge on any atom is -0.356 e. The van der Waals surface area contributed by atoms with E-state index in [1.807, 2.05) is 30.3 Å². The Kier molecular flexibility index (Phi) is 5.07. The first-order chi connectivity index (χ1) is 12.0. The van der Waals surface area contributed by atoms with Crippen molar-refractivity contribution in [2.24, 2.45) is 0 Å². The zero-order valence-corrected chi connectivity index (χ0v) is 14.4. The van der Waals surface area contributed by atoms with Gasteiger partial charge in [0.25, 0.3) is 5.91 Å². The smallest absolute Gasteiger partial charge is 0.286 e. The maximum absolute atomic E-state index is 12.5. The second-order valence-electron chi connectivity index (χ2n) is 5.20. The van der Waals surface area contributed by atoms with E-state index >= 15 is 0 Å². The van der Waals surface area contributed by atoms with E-state index in [1.54, 1.807) is 12.1 Å². The number of nitrogens with one attached hydrogen (secondary N) is 3. The van der Waals surface area contributed by atoms with Gasteiger partial charge in [0.05, 0.1) is 10.7 Å². The standard InChI is InChI=1S/C18H13Cl2N3O2/c19-12-6-7-14(15(20)9-12)17(24)11-8-16(21-10-11)18(25)23-22-13-4-2-1-3-5-13/h1-10,21-22H,(H,23,25). The van der Waals surface area contributed by atoms with Crippen molar-refractivity contribution < 1.29 is 9.59 Å². The van der Waals surface area contributed by atoms with Crippen LogP contribution in [0, 0.1) is 0 Å². The van der Waals surface area contributed by atoms with Crippen molar-refractivity contribution in [2.75, 3.05) is 5.43 Å². The molecule has 3 N–H and O–H groups in total. The van der Waals surface area contributed by atoms with Crippen molar-refractivity contribution in [3.05, 3.63) is 87.7 Å². The highest BCUT2D eigenvalue weighted by Gasteiger charge is 2.17. The number of hydrazine groups is 1. The highest BCUT2D eigenvalue weighted by atomic mass is 35.5. The lowest BCUT2D eigenvalue weighted by Gasteiger charge is -2.06. The van der Waals surface area contributed by atoms with Gasteiger partial charge in [-0.3, -0.25) is 20.4 Å². The summed E-state index contributed by atoms with van der Waals surface area (Å²) in [6, 6.07) is 15.3. The van der Waals surface area contributed by atoms with Gasteiger partial charge in [0, 0.05) is 22.3 Å². The number of hydrogen-bond acceptors (Lipinski definition) is 3. The maximum Gasteiger partial charge on any atom is 0.286 e. The van der Waals surface area contributed by atoms with Crippen LogP contribution in [0.4, 0.5) is 5.69 Å².